The third kappa shape index (κ3) is 3.04. The summed E-state index contributed by atoms with van der Waals surface area (Å²) in [5.41, 5.74) is 0.130. The number of rotatable bonds is 4. The van der Waals surface area contributed by atoms with Crippen LogP contribution >= 0.6 is 11.8 Å². The predicted octanol–water partition coefficient (Wildman–Crippen LogP) is 2.93. The van der Waals surface area contributed by atoms with Crippen molar-refractivity contribution >= 4 is 28.4 Å². The molecule has 2 aromatic rings. The molecule has 116 valence electrons. The zero-order chi connectivity index (χ0) is 15.5. The minimum atomic E-state index is -0.214. The molecule has 0 unspecified atom stereocenters. The first kappa shape index (κ1) is 15.2. The fraction of sp³-hybridized carbons (Fsp3) is 0.412. The predicted molar refractivity (Wildman–Crippen MR) is 91.6 cm³/mol. The Bertz CT molecular complexity index is 741. The van der Waals surface area contributed by atoms with Gasteiger partial charge >= 0.3 is 0 Å². The maximum absolute atomic E-state index is 12.5. The molecule has 0 saturated heterocycles. The average molecular weight is 316 g/mol. The summed E-state index contributed by atoms with van der Waals surface area (Å²) in [5, 5.41) is 4.98. The van der Waals surface area contributed by atoms with Gasteiger partial charge in [0.1, 0.15) is 5.69 Å². The van der Waals surface area contributed by atoms with Crippen molar-refractivity contribution in [2.24, 2.45) is 0 Å². The molecule has 0 radical (unpaired) electrons. The Kier molecular flexibility index (Phi) is 4.52. The number of aromatic nitrogens is 1. The molecule has 3 rings (SSSR count). The van der Waals surface area contributed by atoms with Crippen LogP contribution in [0.4, 0.5) is 0 Å². The van der Waals surface area contributed by atoms with E-state index in [-0.39, 0.29) is 17.5 Å². The summed E-state index contributed by atoms with van der Waals surface area (Å²) in [7, 11) is 0. The van der Waals surface area contributed by atoms with E-state index in [1.807, 2.05) is 30.0 Å². The maximum Gasteiger partial charge on any atom is 0.268 e. The number of fused-ring (bicyclic) bond motifs is 1. The number of aromatic amines is 1. The van der Waals surface area contributed by atoms with Crippen LogP contribution in [0, 0.1) is 0 Å². The second-order valence-electron chi connectivity index (χ2n) is 5.60. The normalized spacial score (nSPS) is 21.1. The first-order valence-electron chi connectivity index (χ1n) is 7.73. The molecule has 1 amide bonds. The standard InChI is InChI=1S/C17H20N2O2S/c1-2-22-15-9-5-8-13(15)18-17(21)14-10-11-6-3-4-7-12(11)16(20)19-14/h3-4,6-7,10,13,15H,2,5,8-9H2,1H3,(H,18,21)(H,19,20)/t13-,15+/m1/s1. The number of benzene rings is 1. The van der Waals surface area contributed by atoms with Crippen molar-refractivity contribution in [3.8, 4) is 0 Å². The quantitative estimate of drug-likeness (QED) is 0.911. The molecule has 0 spiro atoms. The summed E-state index contributed by atoms with van der Waals surface area (Å²) < 4.78 is 0. The molecule has 5 heteroatoms. The van der Waals surface area contributed by atoms with Crippen LogP contribution in [0.3, 0.4) is 0 Å². The fourth-order valence-electron chi connectivity index (χ4n) is 3.08. The minimum absolute atomic E-state index is 0.184. The molecule has 0 aliphatic heterocycles. The molecule has 0 bridgehead atoms. The van der Waals surface area contributed by atoms with E-state index < -0.39 is 0 Å². The Morgan fingerprint density at radius 3 is 3.00 bits per heavy atom. The lowest BCUT2D eigenvalue weighted by Crippen LogP contribution is -2.39. The number of H-pyrrole nitrogens is 1. The van der Waals surface area contributed by atoms with Gasteiger partial charge in [-0.05, 0) is 36.1 Å². The lowest BCUT2D eigenvalue weighted by Gasteiger charge is -2.20. The largest absolute Gasteiger partial charge is 0.347 e. The van der Waals surface area contributed by atoms with Crippen LogP contribution in [-0.4, -0.2) is 27.9 Å². The minimum Gasteiger partial charge on any atom is -0.347 e. The zero-order valence-corrected chi connectivity index (χ0v) is 13.4. The smallest absolute Gasteiger partial charge is 0.268 e. The second-order valence-corrected chi connectivity index (χ2v) is 7.12. The first-order chi connectivity index (χ1) is 10.7. The molecule has 22 heavy (non-hydrogen) atoms. The highest BCUT2D eigenvalue weighted by Gasteiger charge is 2.28. The van der Waals surface area contributed by atoms with Gasteiger partial charge in [-0.3, -0.25) is 9.59 Å². The Hall–Kier alpha value is -1.75. The first-order valence-corrected chi connectivity index (χ1v) is 8.78. The summed E-state index contributed by atoms with van der Waals surface area (Å²) in [6.07, 6.45) is 3.32. The fourth-order valence-corrected chi connectivity index (χ4v) is 4.28. The highest BCUT2D eigenvalue weighted by Crippen LogP contribution is 2.30. The number of carbonyl (C=O) groups excluding carboxylic acids is 1. The summed E-state index contributed by atoms with van der Waals surface area (Å²) >= 11 is 1.90. The zero-order valence-electron chi connectivity index (χ0n) is 12.6. The van der Waals surface area contributed by atoms with Crippen molar-refractivity contribution in [2.75, 3.05) is 5.75 Å². The van der Waals surface area contributed by atoms with Gasteiger partial charge in [-0.25, -0.2) is 0 Å². The van der Waals surface area contributed by atoms with Crippen LogP contribution in [0.5, 0.6) is 0 Å². The van der Waals surface area contributed by atoms with E-state index in [9.17, 15) is 9.59 Å². The highest BCUT2D eigenvalue weighted by atomic mass is 32.2. The number of pyridine rings is 1. The van der Waals surface area contributed by atoms with Crippen molar-refractivity contribution in [3.63, 3.8) is 0 Å². The number of hydrogen-bond acceptors (Lipinski definition) is 3. The molecular weight excluding hydrogens is 296 g/mol. The Labute approximate surface area is 133 Å². The van der Waals surface area contributed by atoms with Gasteiger partial charge in [-0.2, -0.15) is 11.8 Å². The van der Waals surface area contributed by atoms with Gasteiger partial charge in [-0.15, -0.1) is 0 Å². The van der Waals surface area contributed by atoms with Gasteiger partial charge in [-0.1, -0.05) is 31.5 Å². The lowest BCUT2D eigenvalue weighted by atomic mass is 10.1. The van der Waals surface area contributed by atoms with Gasteiger partial charge in [0.2, 0.25) is 0 Å². The monoisotopic (exact) mass is 316 g/mol. The molecule has 1 aromatic heterocycles. The second kappa shape index (κ2) is 6.57. The summed E-state index contributed by atoms with van der Waals surface area (Å²) in [5.74, 6) is 0.876. The Morgan fingerprint density at radius 2 is 2.18 bits per heavy atom. The molecule has 1 aliphatic rings. The molecule has 1 aromatic carbocycles. The molecule has 1 aliphatic carbocycles. The number of hydrogen-bond donors (Lipinski definition) is 2. The van der Waals surface area contributed by atoms with Crippen molar-refractivity contribution in [1.82, 2.24) is 10.3 Å². The van der Waals surface area contributed by atoms with Gasteiger partial charge in [0.05, 0.1) is 0 Å². The van der Waals surface area contributed by atoms with E-state index in [1.165, 1.54) is 0 Å². The van der Waals surface area contributed by atoms with Crippen LogP contribution in [0.15, 0.2) is 35.1 Å². The molecule has 4 nitrogen and oxygen atoms in total. The lowest BCUT2D eigenvalue weighted by molar-refractivity contribution is 0.0933. The van der Waals surface area contributed by atoms with Crippen LogP contribution in [0.25, 0.3) is 10.8 Å². The van der Waals surface area contributed by atoms with E-state index in [0.717, 1.165) is 30.4 Å². The molecule has 2 atom stereocenters. The van der Waals surface area contributed by atoms with Gasteiger partial charge in [0, 0.05) is 16.7 Å². The SMILES string of the molecule is CCS[C@H]1CCC[C@H]1NC(=O)c1cc2ccccc2c(=O)[nH]1. The van der Waals surface area contributed by atoms with Crippen LogP contribution in [0.2, 0.25) is 0 Å². The topological polar surface area (TPSA) is 62.0 Å². The molecule has 2 N–H and O–H groups in total. The Balaban J connectivity index is 1.82. The highest BCUT2D eigenvalue weighted by molar-refractivity contribution is 7.99. The van der Waals surface area contributed by atoms with Crippen molar-refractivity contribution in [1.29, 1.82) is 0 Å². The van der Waals surface area contributed by atoms with E-state index in [4.69, 9.17) is 0 Å². The van der Waals surface area contributed by atoms with Crippen LogP contribution < -0.4 is 10.9 Å². The third-order valence-electron chi connectivity index (χ3n) is 4.15. The van der Waals surface area contributed by atoms with E-state index in [1.54, 1.807) is 12.1 Å². The van der Waals surface area contributed by atoms with E-state index >= 15 is 0 Å². The summed E-state index contributed by atoms with van der Waals surface area (Å²) in [4.78, 5) is 27.2. The Morgan fingerprint density at radius 1 is 1.36 bits per heavy atom. The number of nitrogens with one attached hydrogen (secondary N) is 2. The van der Waals surface area contributed by atoms with Crippen LogP contribution in [0.1, 0.15) is 36.7 Å². The molecular formula is C17H20N2O2S. The number of amides is 1. The van der Waals surface area contributed by atoms with Crippen molar-refractivity contribution < 1.29 is 4.79 Å². The van der Waals surface area contributed by atoms with Gasteiger partial charge in [0.25, 0.3) is 11.5 Å². The molecule has 1 fully saturated rings. The molecule has 1 heterocycles. The van der Waals surface area contributed by atoms with E-state index in [0.29, 0.717) is 16.3 Å². The third-order valence-corrected chi connectivity index (χ3v) is 5.47. The van der Waals surface area contributed by atoms with Crippen molar-refractivity contribution in [3.05, 3.63) is 46.4 Å². The van der Waals surface area contributed by atoms with Gasteiger partial charge in [0.15, 0.2) is 0 Å². The van der Waals surface area contributed by atoms with E-state index in [2.05, 4.69) is 17.2 Å². The average Bonchev–Trinajstić information content (AvgIpc) is 2.95. The van der Waals surface area contributed by atoms with Crippen molar-refractivity contribution in [2.45, 2.75) is 37.5 Å². The maximum atomic E-state index is 12.5. The summed E-state index contributed by atoms with van der Waals surface area (Å²) in [6.45, 7) is 2.14. The number of thioether (sulfide) groups is 1. The van der Waals surface area contributed by atoms with Crippen LogP contribution in [-0.2, 0) is 0 Å². The van der Waals surface area contributed by atoms with Gasteiger partial charge < -0.3 is 10.3 Å². The summed E-state index contributed by atoms with van der Waals surface area (Å²) in [6, 6.07) is 9.26. The molecule has 1 saturated carbocycles. The number of carbonyl (C=O) groups is 1.